The fourth-order valence-corrected chi connectivity index (χ4v) is 1.75. The Bertz CT molecular complexity index is 391. The summed E-state index contributed by atoms with van der Waals surface area (Å²) in [5.74, 6) is -0.200. The number of carboxylic acids is 1. The van der Waals surface area contributed by atoms with E-state index in [1.54, 1.807) is 7.05 Å². The zero-order valence-electron chi connectivity index (χ0n) is 20.9. The van der Waals surface area contributed by atoms with Gasteiger partial charge in [0.1, 0.15) is 6.04 Å². The van der Waals surface area contributed by atoms with Gasteiger partial charge in [-0.2, -0.15) is 0 Å². The molecule has 29 heavy (non-hydrogen) atoms. The maximum atomic E-state index is 11.4. The van der Waals surface area contributed by atoms with E-state index in [2.05, 4.69) is 45.3 Å². The molecule has 0 radical (unpaired) electrons. The van der Waals surface area contributed by atoms with Crippen LogP contribution in [0, 0.1) is 5.92 Å². The van der Waals surface area contributed by atoms with Gasteiger partial charge in [-0.25, -0.2) is 4.79 Å². The van der Waals surface area contributed by atoms with Crippen LogP contribution in [0.2, 0.25) is 0 Å². The van der Waals surface area contributed by atoms with Crippen LogP contribution in [0.3, 0.4) is 0 Å². The van der Waals surface area contributed by atoms with Crippen LogP contribution in [0.15, 0.2) is 0 Å². The molecular weight excluding hydrogens is 370 g/mol. The fourth-order valence-electron chi connectivity index (χ4n) is 1.75. The molecule has 0 unspecified atom stereocenters. The summed E-state index contributed by atoms with van der Waals surface area (Å²) in [5, 5.41) is 14.1. The minimum Gasteiger partial charge on any atom is -0.480 e. The van der Waals surface area contributed by atoms with E-state index in [1.165, 1.54) is 11.3 Å². The van der Waals surface area contributed by atoms with E-state index >= 15 is 0 Å². The number of carbonyl (C=O) groups excluding carboxylic acids is 2. The Balaban J connectivity index is -0.000000165. The minimum absolute atomic E-state index is 0.0677. The summed E-state index contributed by atoms with van der Waals surface area (Å²) in [7, 11) is 1.67. The summed E-state index contributed by atoms with van der Waals surface area (Å²) in [5.41, 5.74) is -0.0677. The molecule has 1 fully saturated rings. The second kappa shape index (κ2) is 22.7. The molecule has 0 saturated carbocycles. The quantitative estimate of drug-likeness (QED) is 0.600. The van der Waals surface area contributed by atoms with Crippen LogP contribution >= 0.6 is 0 Å². The fraction of sp³-hybridized carbons (Fsp3) is 0.864. The highest BCUT2D eigenvalue weighted by Crippen LogP contribution is 2.16. The molecule has 0 aliphatic carbocycles. The molecular formula is C22H49N3O4. The maximum absolute atomic E-state index is 11.4. The summed E-state index contributed by atoms with van der Waals surface area (Å²) < 4.78 is 0. The van der Waals surface area contributed by atoms with Crippen molar-refractivity contribution in [3.05, 3.63) is 0 Å². The van der Waals surface area contributed by atoms with Gasteiger partial charge in [0, 0.05) is 12.1 Å². The van der Waals surface area contributed by atoms with Crippen LogP contribution in [0.25, 0.3) is 0 Å². The van der Waals surface area contributed by atoms with Gasteiger partial charge in [0.25, 0.3) is 0 Å². The number of carboxylic acid groups (broad SMARTS) is 1. The Hall–Kier alpha value is -1.63. The molecule has 0 aromatic rings. The Morgan fingerprint density at radius 3 is 1.83 bits per heavy atom. The monoisotopic (exact) mass is 419 g/mol. The summed E-state index contributed by atoms with van der Waals surface area (Å²) >= 11 is 0. The third-order valence-corrected chi connectivity index (χ3v) is 2.68. The molecule has 7 nitrogen and oxygen atoms in total. The van der Waals surface area contributed by atoms with Gasteiger partial charge in [-0.05, 0) is 46.6 Å². The molecule has 0 spiro atoms. The highest BCUT2D eigenvalue weighted by atomic mass is 16.4. The average molecular weight is 420 g/mol. The summed E-state index contributed by atoms with van der Waals surface area (Å²) in [6.45, 7) is 21.3. The number of likely N-dealkylation sites (N-methyl/N-ethyl adjacent to an activating group) is 1. The summed E-state index contributed by atoms with van der Waals surface area (Å²) in [6, 6.07) is -0.610. The molecule has 1 aliphatic rings. The van der Waals surface area contributed by atoms with Crippen molar-refractivity contribution >= 4 is 18.3 Å². The molecule has 1 heterocycles. The number of hydrogen-bond donors (Lipinski definition) is 3. The number of nitrogens with zero attached hydrogens (tertiary/aromatic N) is 1. The molecule has 1 rings (SSSR count). The first-order valence-corrected chi connectivity index (χ1v) is 10.8. The molecule has 1 aliphatic heterocycles. The molecule has 2 amide bonds. The minimum atomic E-state index is -0.901. The first-order chi connectivity index (χ1) is 13.4. The van der Waals surface area contributed by atoms with Crippen LogP contribution in [-0.4, -0.2) is 60.0 Å². The smallest absolute Gasteiger partial charge is 0.326 e. The predicted octanol–water partition coefficient (Wildman–Crippen LogP) is 3.92. The first kappa shape index (κ1) is 34.8. The Kier molecular flexibility index (Phi) is 27.2. The molecule has 0 aromatic heterocycles. The predicted molar refractivity (Wildman–Crippen MR) is 123 cm³/mol. The first-order valence-electron chi connectivity index (χ1n) is 10.8. The van der Waals surface area contributed by atoms with Gasteiger partial charge in [0.15, 0.2) is 0 Å². The highest BCUT2D eigenvalue weighted by molar-refractivity contribution is 5.85. The van der Waals surface area contributed by atoms with E-state index < -0.39 is 12.0 Å². The van der Waals surface area contributed by atoms with Crippen LogP contribution in [-0.2, 0) is 14.4 Å². The molecule has 3 N–H and O–H groups in total. The highest BCUT2D eigenvalue weighted by Gasteiger charge is 2.33. The number of nitrogens with one attached hydrogen (secondary N) is 2. The number of likely N-dealkylation sites (tertiary alicyclic amines) is 1. The van der Waals surface area contributed by atoms with E-state index in [9.17, 15) is 14.4 Å². The van der Waals surface area contributed by atoms with Gasteiger partial charge in [-0.1, -0.05) is 54.9 Å². The van der Waals surface area contributed by atoms with Crippen molar-refractivity contribution in [2.24, 2.45) is 5.92 Å². The third-order valence-electron chi connectivity index (χ3n) is 2.68. The molecule has 7 heteroatoms. The standard InChI is InChI=1S/C8H14N2O3.C5H11NO.C4H10.C3H8.C2H6/c1-9-5-7(11)10-4-2-3-6(10)8(12)13;1-5(2,3)6-4-7;1-4(2)3;1-3-2;1-2/h6,9H,2-5H2,1H3,(H,12,13);4H,1-3H3,(H,6,7);4H,1-3H3;3H2,1-2H3;1-2H3/t6-;;;;/m0..../s1. The molecule has 176 valence electrons. The second-order valence-corrected chi connectivity index (χ2v) is 8.07. The third kappa shape index (κ3) is 28.7. The number of aliphatic carboxylic acids is 1. The van der Waals surface area contributed by atoms with Crippen LogP contribution in [0.1, 0.15) is 88.5 Å². The number of rotatable bonds is 4. The SMILES string of the molecule is CC.CC(C)(C)NC=O.CC(C)C.CCC.CNCC(=O)N1CCC[C@H]1C(=O)O. The van der Waals surface area contributed by atoms with E-state index in [-0.39, 0.29) is 18.0 Å². The van der Waals surface area contributed by atoms with Crippen LogP contribution < -0.4 is 10.6 Å². The largest absolute Gasteiger partial charge is 0.480 e. The van der Waals surface area contributed by atoms with E-state index in [0.717, 1.165) is 12.3 Å². The number of amides is 2. The van der Waals surface area contributed by atoms with Crippen LogP contribution in [0.5, 0.6) is 0 Å². The van der Waals surface area contributed by atoms with Crippen molar-refractivity contribution in [3.63, 3.8) is 0 Å². The van der Waals surface area contributed by atoms with Gasteiger partial charge in [-0.15, -0.1) is 0 Å². The van der Waals surface area contributed by atoms with E-state index in [0.29, 0.717) is 19.4 Å². The summed E-state index contributed by atoms with van der Waals surface area (Å²) in [6.07, 6.45) is 3.32. The lowest BCUT2D eigenvalue weighted by atomic mass is 10.1. The van der Waals surface area contributed by atoms with Gasteiger partial charge >= 0.3 is 5.97 Å². The Morgan fingerprint density at radius 2 is 1.59 bits per heavy atom. The van der Waals surface area contributed by atoms with Crippen molar-refractivity contribution in [2.45, 2.75) is 100 Å². The Morgan fingerprint density at radius 1 is 1.17 bits per heavy atom. The molecule has 0 aromatic carbocycles. The molecule has 1 saturated heterocycles. The van der Waals surface area contributed by atoms with Crippen molar-refractivity contribution in [1.82, 2.24) is 15.5 Å². The topological polar surface area (TPSA) is 98.7 Å². The lowest BCUT2D eigenvalue weighted by molar-refractivity contribution is -0.147. The van der Waals surface area contributed by atoms with Crippen molar-refractivity contribution in [3.8, 4) is 0 Å². The molecule has 0 bridgehead atoms. The van der Waals surface area contributed by atoms with Gasteiger partial charge in [0.05, 0.1) is 6.54 Å². The Labute approximate surface area is 180 Å². The van der Waals surface area contributed by atoms with Crippen LogP contribution in [0.4, 0.5) is 0 Å². The van der Waals surface area contributed by atoms with Gasteiger partial charge in [0.2, 0.25) is 12.3 Å². The second-order valence-electron chi connectivity index (χ2n) is 8.07. The van der Waals surface area contributed by atoms with E-state index in [1.807, 2.05) is 34.6 Å². The normalized spacial score (nSPS) is 14.5. The zero-order chi connectivity index (χ0) is 24.0. The lowest BCUT2D eigenvalue weighted by Gasteiger charge is -2.20. The summed E-state index contributed by atoms with van der Waals surface area (Å²) in [4.78, 5) is 33.2. The van der Waals surface area contributed by atoms with Crippen molar-refractivity contribution in [2.75, 3.05) is 20.1 Å². The average Bonchev–Trinajstić information content (AvgIpc) is 3.07. The van der Waals surface area contributed by atoms with Gasteiger partial charge < -0.3 is 20.6 Å². The molecule has 1 atom stereocenters. The van der Waals surface area contributed by atoms with Crippen molar-refractivity contribution < 1.29 is 19.5 Å². The zero-order valence-corrected chi connectivity index (χ0v) is 20.9. The van der Waals surface area contributed by atoms with Crippen molar-refractivity contribution in [1.29, 1.82) is 0 Å². The lowest BCUT2D eigenvalue weighted by Crippen LogP contribution is -2.43. The number of carbonyl (C=O) groups is 3. The van der Waals surface area contributed by atoms with Gasteiger partial charge in [-0.3, -0.25) is 9.59 Å². The van der Waals surface area contributed by atoms with E-state index in [4.69, 9.17) is 5.11 Å². The maximum Gasteiger partial charge on any atom is 0.326 e. The number of hydrogen-bond acceptors (Lipinski definition) is 4.